The molecule has 0 aliphatic carbocycles. The van der Waals surface area contributed by atoms with Gasteiger partial charge >= 0.3 is 16.6 Å². The SMILES string of the molecule is Cc1nn(-c2ccc(CCc3cccc(OC(=O)N=S(=O)=O)c3Cl)cc2)c(C)c1-c1ccccc1. The van der Waals surface area contributed by atoms with Gasteiger partial charge in [0.05, 0.1) is 16.4 Å². The first-order valence-electron chi connectivity index (χ1n) is 10.8. The lowest BCUT2D eigenvalue weighted by Gasteiger charge is -2.10. The van der Waals surface area contributed by atoms with Crippen LogP contribution in [0.2, 0.25) is 5.02 Å². The van der Waals surface area contributed by atoms with Crippen LogP contribution < -0.4 is 4.74 Å². The Labute approximate surface area is 209 Å². The topological polar surface area (TPSA) is 90.6 Å². The van der Waals surface area contributed by atoms with Crippen molar-refractivity contribution in [3.05, 3.63) is 100 Å². The van der Waals surface area contributed by atoms with E-state index in [1.165, 1.54) is 6.07 Å². The van der Waals surface area contributed by atoms with Crippen LogP contribution in [-0.4, -0.2) is 24.3 Å². The van der Waals surface area contributed by atoms with Gasteiger partial charge in [-0.3, -0.25) is 0 Å². The van der Waals surface area contributed by atoms with Gasteiger partial charge in [0.25, 0.3) is 0 Å². The highest BCUT2D eigenvalue weighted by Crippen LogP contribution is 2.30. The summed E-state index contributed by atoms with van der Waals surface area (Å²) in [6.45, 7) is 4.09. The lowest BCUT2D eigenvalue weighted by atomic mass is 10.0. The van der Waals surface area contributed by atoms with Crippen LogP contribution in [0, 0.1) is 13.8 Å². The molecule has 0 saturated carbocycles. The molecule has 1 aromatic heterocycles. The Balaban J connectivity index is 1.48. The molecule has 0 aliphatic rings. The Morgan fingerprint density at radius 1 is 0.971 bits per heavy atom. The number of halogens is 1. The zero-order valence-corrected chi connectivity index (χ0v) is 20.7. The molecule has 0 atom stereocenters. The highest BCUT2D eigenvalue weighted by molar-refractivity contribution is 7.62. The van der Waals surface area contributed by atoms with Gasteiger partial charge in [-0.1, -0.05) is 70.6 Å². The van der Waals surface area contributed by atoms with Crippen molar-refractivity contribution in [3.8, 4) is 22.6 Å². The molecule has 0 spiro atoms. The normalized spacial score (nSPS) is 10.7. The molecule has 4 rings (SSSR count). The number of hydrogen-bond donors (Lipinski definition) is 0. The zero-order chi connectivity index (χ0) is 24.9. The van der Waals surface area contributed by atoms with Gasteiger partial charge < -0.3 is 4.74 Å². The van der Waals surface area contributed by atoms with E-state index in [4.69, 9.17) is 21.4 Å². The third-order valence-electron chi connectivity index (χ3n) is 5.61. The zero-order valence-electron chi connectivity index (χ0n) is 19.1. The van der Waals surface area contributed by atoms with Crippen LogP contribution in [0.3, 0.4) is 0 Å². The number of aromatic nitrogens is 2. The summed E-state index contributed by atoms with van der Waals surface area (Å²) >= 11 is 6.36. The summed E-state index contributed by atoms with van der Waals surface area (Å²) in [6, 6.07) is 23.4. The third kappa shape index (κ3) is 5.67. The molecular formula is C26H22ClN3O4S. The van der Waals surface area contributed by atoms with Crippen LogP contribution in [0.1, 0.15) is 22.5 Å². The van der Waals surface area contributed by atoms with Crippen LogP contribution in [0.15, 0.2) is 77.2 Å². The van der Waals surface area contributed by atoms with E-state index in [9.17, 15) is 13.2 Å². The number of carbonyl (C=O) groups excluding carboxylic acids is 1. The van der Waals surface area contributed by atoms with Crippen molar-refractivity contribution in [2.75, 3.05) is 0 Å². The minimum Gasteiger partial charge on any atom is -0.406 e. The Morgan fingerprint density at radius 2 is 1.69 bits per heavy atom. The van der Waals surface area contributed by atoms with E-state index >= 15 is 0 Å². The molecule has 35 heavy (non-hydrogen) atoms. The highest BCUT2D eigenvalue weighted by Gasteiger charge is 2.15. The van der Waals surface area contributed by atoms with Crippen molar-refractivity contribution in [3.63, 3.8) is 0 Å². The van der Waals surface area contributed by atoms with E-state index in [1.54, 1.807) is 6.07 Å². The van der Waals surface area contributed by atoms with Gasteiger partial charge in [-0.15, -0.1) is 0 Å². The average Bonchev–Trinajstić information content (AvgIpc) is 3.13. The van der Waals surface area contributed by atoms with E-state index in [2.05, 4.69) is 23.4 Å². The van der Waals surface area contributed by atoms with E-state index in [0.29, 0.717) is 12.8 Å². The molecule has 9 heteroatoms. The third-order valence-corrected chi connectivity index (χ3v) is 6.33. The monoisotopic (exact) mass is 507 g/mol. The fourth-order valence-corrected chi connectivity index (χ4v) is 4.42. The second-order valence-electron chi connectivity index (χ2n) is 7.90. The number of ether oxygens (including phenoxy) is 1. The molecule has 0 fully saturated rings. The molecule has 0 N–H and O–H groups in total. The maximum Gasteiger partial charge on any atom is 0.454 e. The van der Waals surface area contributed by atoms with Gasteiger partial charge in [-0.2, -0.15) is 13.5 Å². The fraction of sp³-hybridized carbons (Fsp3) is 0.154. The van der Waals surface area contributed by atoms with Crippen LogP contribution >= 0.6 is 11.6 Å². The molecule has 1 amide bonds. The fourth-order valence-electron chi connectivity index (χ4n) is 4.00. The van der Waals surface area contributed by atoms with Crippen LogP contribution in [-0.2, 0) is 23.3 Å². The summed E-state index contributed by atoms with van der Waals surface area (Å²) in [4.78, 5) is 11.5. The Morgan fingerprint density at radius 3 is 2.37 bits per heavy atom. The standard InChI is InChI=1S/C26H22ClN3O4S/c1-17-24(20-7-4-3-5-8-20)18(2)30(28-17)22-15-12-19(13-16-22)11-14-21-9-6-10-23(25(21)27)34-26(31)29-35(32)33/h3-10,12-13,15-16H,11,14H2,1-2H3. The van der Waals surface area contributed by atoms with Crippen LogP contribution in [0.4, 0.5) is 4.79 Å². The Kier molecular flexibility index (Phi) is 7.43. The lowest BCUT2D eigenvalue weighted by Crippen LogP contribution is -2.03. The number of hydrogen-bond acceptors (Lipinski definition) is 5. The smallest absolute Gasteiger partial charge is 0.406 e. The van der Waals surface area contributed by atoms with Crippen molar-refractivity contribution in [1.29, 1.82) is 0 Å². The quantitative estimate of drug-likeness (QED) is 0.312. The molecule has 0 radical (unpaired) electrons. The number of nitrogens with zero attached hydrogens (tertiary/aromatic N) is 3. The molecule has 0 aliphatic heterocycles. The van der Waals surface area contributed by atoms with Crippen molar-refractivity contribution >= 4 is 28.2 Å². The summed E-state index contributed by atoms with van der Waals surface area (Å²) in [7, 11) is -2.89. The Hall–Kier alpha value is -3.75. The maximum absolute atomic E-state index is 11.5. The van der Waals surface area contributed by atoms with E-state index in [0.717, 1.165) is 39.3 Å². The van der Waals surface area contributed by atoms with Crippen molar-refractivity contribution in [1.82, 2.24) is 9.78 Å². The molecule has 7 nitrogen and oxygen atoms in total. The molecule has 0 unspecified atom stereocenters. The second kappa shape index (κ2) is 10.7. The number of amides is 1. The number of rotatable bonds is 6. The first-order valence-corrected chi connectivity index (χ1v) is 12.3. The van der Waals surface area contributed by atoms with Crippen LogP contribution in [0.5, 0.6) is 5.75 Å². The number of carbonyl (C=O) groups is 1. The van der Waals surface area contributed by atoms with Crippen LogP contribution in [0.25, 0.3) is 16.8 Å². The van der Waals surface area contributed by atoms with E-state index < -0.39 is 16.6 Å². The van der Waals surface area contributed by atoms with E-state index in [1.807, 2.05) is 60.1 Å². The van der Waals surface area contributed by atoms with Gasteiger partial charge in [0, 0.05) is 11.3 Å². The number of benzene rings is 3. The maximum atomic E-state index is 11.5. The number of aryl methyl sites for hydroxylation is 3. The summed E-state index contributed by atoms with van der Waals surface area (Å²) < 4.78 is 30.7. The van der Waals surface area contributed by atoms with Gasteiger partial charge in [0.1, 0.15) is 0 Å². The highest BCUT2D eigenvalue weighted by atomic mass is 35.5. The molecule has 0 saturated heterocycles. The van der Waals surface area contributed by atoms with Crippen molar-refractivity contribution < 1.29 is 17.9 Å². The van der Waals surface area contributed by atoms with E-state index in [-0.39, 0.29) is 10.8 Å². The first-order chi connectivity index (χ1) is 16.8. The summed E-state index contributed by atoms with van der Waals surface area (Å²) in [5, 5.41) is 5.00. The molecular weight excluding hydrogens is 486 g/mol. The average molecular weight is 508 g/mol. The lowest BCUT2D eigenvalue weighted by molar-refractivity contribution is 0.212. The molecule has 1 heterocycles. The summed E-state index contributed by atoms with van der Waals surface area (Å²) in [5.41, 5.74) is 7.19. The molecule has 0 bridgehead atoms. The largest absolute Gasteiger partial charge is 0.454 e. The minimum absolute atomic E-state index is 0.0671. The molecule has 3 aromatic carbocycles. The second-order valence-corrected chi connectivity index (χ2v) is 8.89. The minimum atomic E-state index is -2.89. The van der Waals surface area contributed by atoms with Crippen molar-refractivity contribution in [2.45, 2.75) is 26.7 Å². The van der Waals surface area contributed by atoms with Crippen molar-refractivity contribution in [2.24, 2.45) is 4.36 Å². The van der Waals surface area contributed by atoms with Gasteiger partial charge in [0.2, 0.25) is 0 Å². The van der Waals surface area contributed by atoms with Gasteiger partial charge in [-0.05, 0) is 61.6 Å². The summed E-state index contributed by atoms with van der Waals surface area (Å²) in [6.07, 6.45) is 0.0675. The van der Waals surface area contributed by atoms with Gasteiger partial charge in [0.15, 0.2) is 5.75 Å². The first kappa shape index (κ1) is 24.4. The Bertz CT molecular complexity index is 1500. The predicted molar refractivity (Wildman–Crippen MR) is 135 cm³/mol. The molecule has 4 aromatic rings. The van der Waals surface area contributed by atoms with Gasteiger partial charge in [-0.25, -0.2) is 9.48 Å². The predicted octanol–water partition coefficient (Wildman–Crippen LogP) is 6.16. The molecule has 178 valence electrons. The summed E-state index contributed by atoms with van der Waals surface area (Å²) in [5.74, 6) is 0.0671.